The van der Waals surface area contributed by atoms with Gasteiger partial charge in [0.25, 0.3) is 0 Å². The third-order valence-electron chi connectivity index (χ3n) is 2.45. The Kier molecular flexibility index (Phi) is 6.22. The molecule has 0 aliphatic carbocycles. The summed E-state index contributed by atoms with van der Waals surface area (Å²) in [5, 5.41) is 2.71. The van der Waals surface area contributed by atoms with Crippen LogP contribution in [0.4, 0.5) is 0 Å². The second-order valence-electron chi connectivity index (χ2n) is 3.87. The van der Waals surface area contributed by atoms with Gasteiger partial charge in [0.05, 0.1) is 13.5 Å². The molecule has 1 rings (SSSR count). The van der Waals surface area contributed by atoms with Crippen LogP contribution in [-0.2, 0) is 20.7 Å². The minimum absolute atomic E-state index is 0.119. The van der Waals surface area contributed by atoms with Gasteiger partial charge in [-0.1, -0.05) is 30.3 Å². The van der Waals surface area contributed by atoms with Crippen LogP contribution in [0.5, 0.6) is 0 Å². The lowest BCUT2D eigenvalue weighted by Crippen LogP contribution is -2.39. The zero-order chi connectivity index (χ0) is 13.4. The molecule has 0 aromatic heterocycles. The standard InChI is InChI=1S/C13H16ClNO3/c1-18-13(17)8-11(15-12(16)9-14)7-10-5-3-2-4-6-10/h2-6,11H,7-9H2,1H3,(H,15,16)/t11-/m0/s1. The monoisotopic (exact) mass is 269 g/mol. The number of hydrogen-bond donors (Lipinski definition) is 1. The molecule has 1 N–H and O–H groups in total. The fourth-order valence-corrected chi connectivity index (χ4v) is 1.70. The van der Waals surface area contributed by atoms with Crippen molar-refractivity contribution in [2.45, 2.75) is 18.9 Å². The van der Waals surface area contributed by atoms with Crippen LogP contribution in [0, 0.1) is 0 Å². The second-order valence-corrected chi connectivity index (χ2v) is 4.14. The Morgan fingerprint density at radius 1 is 1.33 bits per heavy atom. The maximum Gasteiger partial charge on any atom is 0.307 e. The van der Waals surface area contributed by atoms with Crippen molar-refractivity contribution in [3.63, 3.8) is 0 Å². The molecule has 1 atom stereocenters. The smallest absolute Gasteiger partial charge is 0.307 e. The molecular weight excluding hydrogens is 254 g/mol. The molecule has 0 heterocycles. The minimum atomic E-state index is -0.356. The summed E-state index contributed by atoms with van der Waals surface area (Å²) < 4.78 is 4.61. The summed E-state index contributed by atoms with van der Waals surface area (Å²) in [4.78, 5) is 22.6. The summed E-state index contributed by atoms with van der Waals surface area (Å²) in [6, 6.07) is 9.32. The highest BCUT2D eigenvalue weighted by Gasteiger charge is 2.16. The predicted molar refractivity (Wildman–Crippen MR) is 69.4 cm³/mol. The molecule has 1 aromatic carbocycles. The van der Waals surface area contributed by atoms with E-state index in [0.29, 0.717) is 6.42 Å². The van der Waals surface area contributed by atoms with Gasteiger partial charge in [0.15, 0.2) is 0 Å². The number of nitrogens with one attached hydrogen (secondary N) is 1. The van der Waals surface area contributed by atoms with Crippen molar-refractivity contribution in [1.82, 2.24) is 5.32 Å². The third-order valence-corrected chi connectivity index (χ3v) is 2.69. The van der Waals surface area contributed by atoms with Crippen molar-refractivity contribution in [3.05, 3.63) is 35.9 Å². The topological polar surface area (TPSA) is 55.4 Å². The quantitative estimate of drug-likeness (QED) is 0.629. The van der Waals surface area contributed by atoms with E-state index in [4.69, 9.17) is 11.6 Å². The number of methoxy groups -OCH3 is 1. The molecule has 0 spiro atoms. The lowest BCUT2D eigenvalue weighted by Gasteiger charge is -2.17. The number of rotatable bonds is 6. The Bertz CT molecular complexity index is 376. The number of amides is 1. The van der Waals surface area contributed by atoms with E-state index in [1.54, 1.807) is 0 Å². The van der Waals surface area contributed by atoms with Gasteiger partial charge in [-0.25, -0.2) is 0 Å². The van der Waals surface area contributed by atoms with E-state index in [-0.39, 0.29) is 30.2 Å². The molecular formula is C13H16ClNO3. The number of hydrogen-bond acceptors (Lipinski definition) is 3. The first kappa shape index (κ1) is 14.5. The summed E-state index contributed by atoms with van der Waals surface area (Å²) in [7, 11) is 1.32. The number of halogens is 1. The summed E-state index contributed by atoms with van der Waals surface area (Å²) >= 11 is 5.44. The predicted octanol–water partition coefficient (Wildman–Crippen LogP) is 1.52. The van der Waals surface area contributed by atoms with Crippen LogP contribution in [-0.4, -0.2) is 30.9 Å². The Balaban J connectivity index is 2.64. The Morgan fingerprint density at radius 2 is 2.00 bits per heavy atom. The number of carbonyl (C=O) groups is 2. The van der Waals surface area contributed by atoms with Crippen LogP contribution in [0.2, 0.25) is 0 Å². The zero-order valence-electron chi connectivity index (χ0n) is 10.2. The number of esters is 1. The highest BCUT2D eigenvalue weighted by atomic mass is 35.5. The summed E-state index contributed by atoms with van der Waals surface area (Å²) in [5.41, 5.74) is 1.04. The third kappa shape index (κ3) is 5.19. The maximum absolute atomic E-state index is 11.3. The van der Waals surface area contributed by atoms with Crippen LogP contribution in [0.15, 0.2) is 30.3 Å². The Hall–Kier alpha value is -1.55. The maximum atomic E-state index is 11.3. The van der Waals surface area contributed by atoms with Gasteiger partial charge in [-0.05, 0) is 12.0 Å². The molecule has 4 nitrogen and oxygen atoms in total. The first-order valence-corrected chi connectivity index (χ1v) is 6.15. The van der Waals surface area contributed by atoms with Gasteiger partial charge in [0.1, 0.15) is 5.88 Å². The van der Waals surface area contributed by atoms with Crippen molar-refractivity contribution in [2.75, 3.05) is 13.0 Å². The molecule has 5 heteroatoms. The molecule has 0 aliphatic rings. The average Bonchev–Trinajstić information content (AvgIpc) is 2.39. The molecule has 0 saturated carbocycles. The van der Waals surface area contributed by atoms with E-state index in [1.807, 2.05) is 30.3 Å². The molecule has 0 saturated heterocycles. The van der Waals surface area contributed by atoms with Crippen LogP contribution in [0.1, 0.15) is 12.0 Å². The van der Waals surface area contributed by atoms with Gasteiger partial charge >= 0.3 is 5.97 Å². The molecule has 0 radical (unpaired) electrons. The highest BCUT2D eigenvalue weighted by molar-refractivity contribution is 6.27. The molecule has 0 bridgehead atoms. The molecule has 1 amide bonds. The molecule has 1 aromatic rings. The van der Waals surface area contributed by atoms with Gasteiger partial charge < -0.3 is 10.1 Å². The van der Waals surface area contributed by atoms with Gasteiger partial charge in [0.2, 0.25) is 5.91 Å². The molecule has 98 valence electrons. The van der Waals surface area contributed by atoms with Gasteiger partial charge in [-0.3, -0.25) is 9.59 Å². The molecule has 0 aliphatic heterocycles. The lowest BCUT2D eigenvalue weighted by atomic mass is 10.0. The summed E-state index contributed by atoms with van der Waals surface area (Å²) in [6.45, 7) is 0. The van der Waals surface area contributed by atoms with Crippen LogP contribution >= 0.6 is 11.6 Å². The normalized spacial score (nSPS) is 11.7. The fourth-order valence-electron chi connectivity index (χ4n) is 1.62. The van der Waals surface area contributed by atoms with E-state index in [9.17, 15) is 9.59 Å². The average molecular weight is 270 g/mol. The Morgan fingerprint density at radius 3 is 2.56 bits per heavy atom. The Labute approximate surface area is 111 Å². The van der Waals surface area contributed by atoms with E-state index in [2.05, 4.69) is 10.1 Å². The minimum Gasteiger partial charge on any atom is -0.469 e. The first-order valence-electron chi connectivity index (χ1n) is 5.61. The van der Waals surface area contributed by atoms with E-state index < -0.39 is 0 Å². The zero-order valence-corrected chi connectivity index (χ0v) is 10.9. The fraction of sp³-hybridized carbons (Fsp3) is 0.385. The van der Waals surface area contributed by atoms with Gasteiger partial charge in [0, 0.05) is 6.04 Å². The molecule has 18 heavy (non-hydrogen) atoms. The summed E-state index contributed by atoms with van der Waals surface area (Å²) in [6.07, 6.45) is 0.701. The van der Waals surface area contributed by atoms with Crippen molar-refractivity contribution in [2.24, 2.45) is 0 Å². The number of carbonyl (C=O) groups excluding carboxylic acids is 2. The van der Waals surface area contributed by atoms with Crippen LogP contribution < -0.4 is 5.32 Å². The SMILES string of the molecule is COC(=O)C[C@H](Cc1ccccc1)NC(=O)CCl. The van der Waals surface area contributed by atoms with Crippen molar-refractivity contribution < 1.29 is 14.3 Å². The number of ether oxygens (including phenoxy) is 1. The van der Waals surface area contributed by atoms with Gasteiger partial charge in [-0.15, -0.1) is 11.6 Å². The second kappa shape index (κ2) is 7.71. The first-order chi connectivity index (χ1) is 8.65. The summed E-state index contributed by atoms with van der Waals surface area (Å²) in [5.74, 6) is -0.765. The van der Waals surface area contributed by atoms with Crippen LogP contribution in [0.25, 0.3) is 0 Å². The van der Waals surface area contributed by atoms with Gasteiger partial charge in [-0.2, -0.15) is 0 Å². The van der Waals surface area contributed by atoms with E-state index in [1.165, 1.54) is 7.11 Å². The van der Waals surface area contributed by atoms with Crippen molar-refractivity contribution in [3.8, 4) is 0 Å². The van der Waals surface area contributed by atoms with Crippen molar-refractivity contribution in [1.29, 1.82) is 0 Å². The largest absolute Gasteiger partial charge is 0.469 e. The molecule has 0 fully saturated rings. The van der Waals surface area contributed by atoms with E-state index in [0.717, 1.165) is 5.56 Å². The number of alkyl halides is 1. The van der Waals surface area contributed by atoms with E-state index >= 15 is 0 Å². The van der Waals surface area contributed by atoms with Crippen molar-refractivity contribution >= 4 is 23.5 Å². The highest BCUT2D eigenvalue weighted by Crippen LogP contribution is 2.06. The molecule has 0 unspecified atom stereocenters. The van der Waals surface area contributed by atoms with Crippen LogP contribution in [0.3, 0.4) is 0 Å². The lowest BCUT2D eigenvalue weighted by molar-refractivity contribution is -0.141. The number of benzene rings is 1.